The number of aliphatic hydroxyl groups is 1. The highest BCUT2D eigenvalue weighted by Crippen LogP contribution is 2.16. The Labute approximate surface area is 110 Å². The summed E-state index contributed by atoms with van der Waals surface area (Å²) < 4.78 is 30.7. The molecule has 2 N–H and O–H groups in total. The minimum Gasteiger partial charge on any atom is -0.493 e. The van der Waals surface area contributed by atoms with Crippen molar-refractivity contribution >= 4 is 5.91 Å². The van der Waals surface area contributed by atoms with Crippen LogP contribution in [0, 0.1) is 6.92 Å². The van der Waals surface area contributed by atoms with Crippen molar-refractivity contribution in [1.82, 2.24) is 5.32 Å². The van der Waals surface area contributed by atoms with Crippen LogP contribution < -0.4 is 10.1 Å². The molecule has 0 aromatic heterocycles. The Morgan fingerprint density at radius 3 is 2.74 bits per heavy atom. The summed E-state index contributed by atoms with van der Waals surface area (Å²) in [6.45, 7) is -0.168. The third-order valence-electron chi connectivity index (χ3n) is 2.46. The number of hydrogen-bond acceptors (Lipinski definition) is 3. The van der Waals surface area contributed by atoms with E-state index in [2.05, 4.69) is 0 Å². The molecule has 1 amide bonds. The van der Waals surface area contributed by atoms with Crippen molar-refractivity contribution in [2.45, 2.75) is 19.3 Å². The maximum Gasteiger partial charge on any atom is 0.287 e. The summed E-state index contributed by atoms with van der Waals surface area (Å²) in [4.78, 5) is 11.3. The lowest BCUT2D eigenvalue weighted by Gasteiger charge is -2.14. The van der Waals surface area contributed by atoms with Gasteiger partial charge in [-0.05, 0) is 18.6 Å². The third-order valence-corrected chi connectivity index (χ3v) is 2.46. The Morgan fingerprint density at radius 1 is 1.42 bits per heavy atom. The molecular weight excluding hydrogens is 256 g/mol. The van der Waals surface area contributed by atoms with Crippen molar-refractivity contribution in [3.63, 3.8) is 0 Å². The van der Waals surface area contributed by atoms with Crippen LogP contribution in [-0.2, 0) is 4.79 Å². The van der Waals surface area contributed by atoms with Crippen molar-refractivity contribution < 1.29 is 23.4 Å². The molecule has 0 spiro atoms. The summed E-state index contributed by atoms with van der Waals surface area (Å²) in [6.07, 6.45) is -0.0180. The van der Waals surface area contributed by atoms with Crippen molar-refractivity contribution in [2.75, 3.05) is 19.8 Å². The fourth-order valence-electron chi connectivity index (χ4n) is 1.34. The van der Waals surface area contributed by atoms with Crippen LogP contribution in [0.3, 0.4) is 0 Å². The van der Waals surface area contributed by atoms with Crippen LogP contribution in [0.15, 0.2) is 24.3 Å². The van der Waals surface area contributed by atoms with Crippen LogP contribution in [-0.4, -0.2) is 36.7 Å². The normalized spacial score (nSPS) is 11.2. The number of para-hydroxylation sites is 1. The molecule has 0 fully saturated rings. The first-order valence-corrected chi connectivity index (χ1v) is 5.88. The van der Waals surface area contributed by atoms with Gasteiger partial charge in [-0.15, -0.1) is 0 Å². The summed E-state index contributed by atoms with van der Waals surface area (Å²) in [7, 11) is 0. The van der Waals surface area contributed by atoms with Gasteiger partial charge in [-0.1, -0.05) is 18.2 Å². The number of ether oxygens (including phenoxy) is 1. The van der Waals surface area contributed by atoms with E-state index in [1.54, 1.807) is 6.07 Å². The summed E-state index contributed by atoms with van der Waals surface area (Å²) in [5.41, 5.74) is 0.940. The molecule has 0 saturated heterocycles. The molecule has 19 heavy (non-hydrogen) atoms. The van der Waals surface area contributed by atoms with E-state index in [9.17, 15) is 13.6 Å². The maximum atomic E-state index is 12.7. The Balaban J connectivity index is 2.26. The van der Waals surface area contributed by atoms with Gasteiger partial charge >= 0.3 is 0 Å². The lowest BCUT2D eigenvalue weighted by Crippen LogP contribution is -2.39. The van der Waals surface area contributed by atoms with E-state index >= 15 is 0 Å². The largest absolute Gasteiger partial charge is 0.493 e. The number of rotatable bonds is 7. The molecule has 0 aliphatic carbocycles. The first-order chi connectivity index (χ1) is 8.94. The molecule has 0 radical (unpaired) electrons. The molecule has 0 unspecified atom stereocenters. The predicted octanol–water partition coefficient (Wildman–Crippen LogP) is 1.51. The summed E-state index contributed by atoms with van der Waals surface area (Å²) in [6, 6.07) is 7.32. The number of amides is 1. The van der Waals surface area contributed by atoms with Gasteiger partial charge in [0.25, 0.3) is 5.92 Å². The number of aliphatic hydroxyl groups excluding tert-OH is 1. The smallest absolute Gasteiger partial charge is 0.287 e. The van der Waals surface area contributed by atoms with E-state index in [0.29, 0.717) is 5.75 Å². The first kappa shape index (κ1) is 15.4. The van der Waals surface area contributed by atoms with Gasteiger partial charge in [0, 0.05) is 0 Å². The van der Waals surface area contributed by atoms with Gasteiger partial charge in [0.2, 0.25) is 5.91 Å². The predicted molar refractivity (Wildman–Crippen MR) is 66.3 cm³/mol. The van der Waals surface area contributed by atoms with E-state index < -0.39 is 25.0 Å². The fraction of sp³-hybridized carbons (Fsp3) is 0.462. The SMILES string of the molecule is Cc1ccccc1OCCC(=O)NCC(F)(F)CO. The highest BCUT2D eigenvalue weighted by molar-refractivity contribution is 5.76. The van der Waals surface area contributed by atoms with Gasteiger partial charge in [-0.3, -0.25) is 4.79 Å². The van der Waals surface area contributed by atoms with Gasteiger partial charge in [-0.25, -0.2) is 8.78 Å². The Bertz CT molecular complexity index is 424. The number of hydrogen-bond donors (Lipinski definition) is 2. The van der Waals surface area contributed by atoms with Crippen molar-refractivity contribution in [2.24, 2.45) is 0 Å². The second-order valence-corrected chi connectivity index (χ2v) is 4.15. The molecule has 0 saturated carbocycles. The van der Waals surface area contributed by atoms with Gasteiger partial charge in [0.1, 0.15) is 12.4 Å². The minimum absolute atomic E-state index is 0.0180. The van der Waals surface area contributed by atoms with E-state index in [1.165, 1.54) is 0 Å². The molecule has 4 nitrogen and oxygen atoms in total. The van der Waals surface area contributed by atoms with Crippen molar-refractivity contribution in [3.8, 4) is 5.75 Å². The van der Waals surface area contributed by atoms with E-state index in [1.807, 2.05) is 30.4 Å². The van der Waals surface area contributed by atoms with Crippen LogP contribution in [0.5, 0.6) is 5.75 Å². The minimum atomic E-state index is -3.29. The van der Waals surface area contributed by atoms with E-state index in [4.69, 9.17) is 9.84 Å². The molecule has 6 heteroatoms. The number of carbonyl (C=O) groups is 1. The number of nitrogens with one attached hydrogen (secondary N) is 1. The second kappa shape index (κ2) is 7.04. The number of halogens is 2. The molecular formula is C13H17F2NO3. The lowest BCUT2D eigenvalue weighted by molar-refractivity contribution is -0.124. The molecule has 0 atom stereocenters. The molecule has 106 valence electrons. The van der Waals surface area contributed by atoms with E-state index in [0.717, 1.165) is 5.56 Å². The Morgan fingerprint density at radius 2 is 2.11 bits per heavy atom. The molecule has 0 aliphatic heterocycles. The van der Waals surface area contributed by atoms with Crippen LogP contribution >= 0.6 is 0 Å². The number of aryl methyl sites for hydroxylation is 1. The van der Waals surface area contributed by atoms with Crippen LogP contribution in [0.1, 0.15) is 12.0 Å². The summed E-state index contributed by atoms with van der Waals surface area (Å²) >= 11 is 0. The molecule has 0 aliphatic rings. The average Bonchev–Trinajstić information content (AvgIpc) is 2.39. The number of alkyl halides is 2. The zero-order chi connectivity index (χ0) is 14.3. The highest BCUT2D eigenvalue weighted by Gasteiger charge is 2.27. The average molecular weight is 273 g/mol. The zero-order valence-corrected chi connectivity index (χ0v) is 10.7. The number of carbonyl (C=O) groups excluding carboxylic acids is 1. The van der Waals surface area contributed by atoms with Gasteiger partial charge in [-0.2, -0.15) is 0 Å². The molecule has 1 aromatic rings. The second-order valence-electron chi connectivity index (χ2n) is 4.15. The van der Waals surface area contributed by atoms with Crippen LogP contribution in [0.25, 0.3) is 0 Å². The standard InChI is InChI=1S/C13H17F2NO3/c1-10-4-2-3-5-11(10)19-7-6-12(18)16-8-13(14,15)9-17/h2-5,17H,6-9H2,1H3,(H,16,18). The Kier molecular flexibility index (Phi) is 5.69. The zero-order valence-electron chi connectivity index (χ0n) is 10.7. The van der Waals surface area contributed by atoms with Gasteiger partial charge < -0.3 is 15.2 Å². The Hall–Kier alpha value is -1.69. The van der Waals surface area contributed by atoms with Gasteiger partial charge in [0.15, 0.2) is 0 Å². The highest BCUT2D eigenvalue weighted by atomic mass is 19.3. The van der Waals surface area contributed by atoms with Crippen LogP contribution in [0.2, 0.25) is 0 Å². The first-order valence-electron chi connectivity index (χ1n) is 5.88. The van der Waals surface area contributed by atoms with Crippen molar-refractivity contribution in [3.05, 3.63) is 29.8 Å². The molecule has 1 rings (SSSR count). The summed E-state index contributed by atoms with van der Waals surface area (Å²) in [5, 5.41) is 10.4. The third kappa shape index (κ3) is 5.65. The van der Waals surface area contributed by atoms with Crippen LogP contribution in [0.4, 0.5) is 8.78 Å². The fourth-order valence-corrected chi connectivity index (χ4v) is 1.34. The number of benzene rings is 1. The lowest BCUT2D eigenvalue weighted by atomic mass is 10.2. The van der Waals surface area contributed by atoms with Crippen molar-refractivity contribution in [1.29, 1.82) is 0 Å². The maximum absolute atomic E-state index is 12.7. The molecule has 0 bridgehead atoms. The topological polar surface area (TPSA) is 58.6 Å². The monoisotopic (exact) mass is 273 g/mol. The molecule has 0 heterocycles. The van der Waals surface area contributed by atoms with Gasteiger partial charge in [0.05, 0.1) is 19.6 Å². The molecule has 1 aromatic carbocycles. The van der Waals surface area contributed by atoms with E-state index in [-0.39, 0.29) is 13.0 Å². The summed E-state index contributed by atoms with van der Waals surface area (Å²) in [5.74, 6) is -3.16. The quantitative estimate of drug-likeness (QED) is 0.791.